The zero-order valence-electron chi connectivity index (χ0n) is 16.2. The molecule has 0 aliphatic carbocycles. The quantitative estimate of drug-likeness (QED) is 0.247. The number of nitrogens with zero attached hydrogens (tertiary/aromatic N) is 5. The first-order valence-corrected chi connectivity index (χ1v) is 9.33. The van der Waals surface area contributed by atoms with E-state index in [-0.39, 0.29) is 11.6 Å². The predicted octanol–water partition coefficient (Wildman–Crippen LogP) is 4.43. The molecule has 0 atom stereocenters. The van der Waals surface area contributed by atoms with Crippen LogP contribution < -0.4 is 5.43 Å². The van der Waals surface area contributed by atoms with Crippen molar-refractivity contribution in [2.45, 2.75) is 6.92 Å². The number of H-pyrrole nitrogens is 1. The molecule has 0 bridgehead atoms. The minimum absolute atomic E-state index is 0.0250. The summed E-state index contributed by atoms with van der Waals surface area (Å²) in [5, 5.41) is 24.1. The molecule has 0 saturated carbocycles. The number of anilines is 1. The van der Waals surface area contributed by atoms with Crippen molar-refractivity contribution in [1.82, 2.24) is 20.2 Å². The number of nitro groups is 1. The maximum absolute atomic E-state index is 10.8. The molecule has 0 spiro atoms. The molecule has 10 heteroatoms. The first-order chi connectivity index (χ1) is 15.1. The lowest BCUT2D eigenvalue weighted by Gasteiger charge is -1.97. The second-order valence-electron chi connectivity index (χ2n) is 6.88. The minimum Gasteiger partial charge on any atom is -0.455 e. The second-order valence-corrected chi connectivity index (χ2v) is 6.88. The maximum atomic E-state index is 10.8. The monoisotopic (exact) mass is 413 g/mol. The van der Waals surface area contributed by atoms with E-state index in [1.807, 2.05) is 25.1 Å². The summed E-state index contributed by atoms with van der Waals surface area (Å²) in [6.45, 7) is 2.02. The van der Waals surface area contributed by atoms with Crippen LogP contribution in [-0.2, 0) is 0 Å². The van der Waals surface area contributed by atoms with Gasteiger partial charge in [-0.25, -0.2) is 5.43 Å². The molecule has 3 heterocycles. The third-order valence-electron chi connectivity index (χ3n) is 4.72. The Balaban J connectivity index is 1.32. The van der Waals surface area contributed by atoms with Crippen LogP contribution in [0.25, 0.3) is 33.4 Å². The number of benzene rings is 2. The lowest BCUT2D eigenvalue weighted by molar-refractivity contribution is -0.384. The van der Waals surface area contributed by atoms with Gasteiger partial charge in [0.15, 0.2) is 5.65 Å². The standard InChI is InChI=1S/C21H15N7O3/c1-12-2-8-17-16(10-12)19-20(23-17)24-21(27-25-19)26-22-11-15-7-9-18(31-15)13-3-5-14(6-4-13)28(29)30/h2-11H,1H3,(H2,23,24,26,27)/b22-11+. The van der Waals surface area contributed by atoms with Gasteiger partial charge in [-0.3, -0.25) is 10.1 Å². The number of nitrogens with one attached hydrogen (secondary N) is 2. The van der Waals surface area contributed by atoms with Crippen molar-refractivity contribution < 1.29 is 9.34 Å². The Labute approximate surface area is 174 Å². The average Bonchev–Trinajstić information content (AvgIpc) is 3.38. The van der Waals surface area contributed by atoms with Crippen molar-refractivity contribution >= 4 is 39.9 Å². The molecule has 2 N–H and O–H groups in total. The van der Waals surface area contributed by atoms with Crippen LogP contribution in [0.4, 0.5) is 11.6 Å². The van der Waals surface area contributed by atoms with Crippen molar-refractivity contribution in [1.29, 1.82) is 0 Å². The summed E-state index contributed by atoms with van der Waals surface area (Å²) in [6.07, 6.45) is 1.48. The normalized spacial score (nSPS) is 11.5. The molecule has 0 amide bonds. The summed E-state index contributed by atoms with van der Waals surface area (Å²) in [5.74, 6) is 1.31. The van der Waals surface area contributed by atoms with E-state index in [0.29, 0.717) is 22.7 Å². The number of furan rings is 1. The molecule has 0 radical (unpaired) electrons. The van der Waals surface area contributed by atoms with E-state index in [9.17, 15) is 10.1 Å². The zero-order valence-corrected chi connectivity index (χ0v) is 16.2. The van der Waals surface area contributed by atoms with Crippen LogP contribution in [0.15, 0.2) is 64.1 Å². The number of aromatic nitrogens is 4. The van der Waals surface area contributed by atoms with E-state index in [4.69, 9.17) is 4.42 Å². The van der Waals surface area contributed by atoms with E-state index < -0.39 is 4.92 Å². The number of aryl methyl sites for hydroxylation is 1. The fourth-order valence-electron chi connectivity index (χ4n) is 3.21. The molecular formula is C21H15N7O3. The molecule has 0 unspecified atom stereocenters. The largest absolute Gasteiger partial charge is 0.455 e. The van der Waals surface area contributed by atoms with Crippen LogP contribution in [0, 0.1) is 17.0 Å². The number of non-ortho nitro benzene ring substituents is 1. The van der Waals surface area contributed by atoms with Crippen LogP contribution in [-0.4, -0.2) is 31.3 Å². The topological polar surface area (TPSA) is 135 Å². The summed E-state index contributed by atoms with van der Waals surface area (Å²) < 4.78 is 5.71. The Morgan fingerprint density at radius 3 is 2.77 bits per heavy atom. The molecule has 5 rings (SSSR count). The number of fused-ring (bicyclic) bond motifs is 3. The predicted molar refractivity (Wildman–Crippen MR) is 116 cm³/mol. The van der Waals surface area contributed by atoms with Gasteiger partial charge < -0.3 is 9.40 Å². The molecular weight excluding hydrogens is 398 g/mol. The van der Waals surface area contributed by atoms with Crippen molar-refractivity contribution in [2.75, 3.05) is 5.43 Å². The average molecular weight is 413 g/mol. The molecule has 0 aliphatic rings. The lowest BCUT2D eigenvalue weighted by atomic mass is 10.1. The molecule has 152 valence electrons. The number of hydrogen-bond acceptors (Lipinski definition) is 8. The van der Waals surface area contributed by atoms with E-state index in [2.05, 4.69) is 30.7 Å². The van der Waals surface area contributed by atoms with Crippen LogP contribution >= 0.6 is 0 Å². The lowest BCUT2D eigenvalue weighted by Crippen LogP contribution is -1.98. The second kappa shape index (κ2) is 7.34. The highest BCUT2D eigenvalue weighted by molar-refractivity contribution is 6.03. The number of rotatable bonds is 5. The smallest absolute Gasteiger partial charge is 0.269 e. The van der Waals surface area contributed by atoms with Gasteiger partial charge in [-0.15, -0.1) is 10.2 Å². The van der Waals surface area contributed by atoms with Gasteiger partial charge in [-0.2, -0.15) is 10.1 Å². The molecule has 0 fully saturated rings. The highest BCUT2D eigenvalue weighted by atomic mass is 16.6. The summed E-state index contributed by atoms with van der Waals surface area (Å²) >= 11 is 0. The fourth-order valence-corrected chi connectivity index (χ4v) is 3.21. The zero-order chi connectivity index (χ0) is 21.4. The first kappa shape index (κ1) is 18.4. The Morgan fingerprint density at radius 2 is 1.97 bits per heavy atom. The van der Waals surface area contributed by atoms with E-state index in [1.54, 1.807) is 24.3 Å². The van der Waals surface area contributed by atoms with Crippen molar-refractivity contribution in [3.05, 3.63) is 76.0 Å². The van der Waals surface area contributed by atoms with E-state index >= 15 is 0 Å². The van der Waals surface area contributed by atoms with Gasteiger partial charge in [0, 0.05) is 28.6 Å². The van der Waals surface area contributed by atoms with Crippen molar-refractivity contribution in [2.24, 2.45) is 5.10 Å². The Bertz CT molecular complexity index is 1450. The highest BCUT2D eigenvalue weighted by Crippen LogP contribution is 2.25. The van der Waals surface area contributed by atoms with Crippen LogP contribution in [0.5, 0.6) is 0 Å². The molecule has 2 aromatic carbocycles. The van der Waals surface area contributed by atoms with Gasteiger partial charge in [0.05, 0.1) is 11.1 Å². The summed E-state index contributed by atoms with van der Waals surface area (Å²) in [5.41, 5.74) is 6.89. The van der Waals surface area contributed by atoms with Gasteiger partial charge in [-0.1, -0.05) is 11.6 Å². The Kier molecular flexibility index (Phi) is 4.36. The molecule has 31 heavy (non-hydrogen) atoms. The summed E-state index contributed by atoms with van der Waals surface area (Å²) in [6, 6.07) is 15.7. The van der Waals surface area contributed by atoms with Crippen LogP contribution in [0.2, 0.25) is 0 Å². The van der Waals surface area contributed by atoms with E-state index in [0.717, 1.165) is 22.0 Å². The van der Waals surface area contributed by atoms with Crippen LogP contribution in [0.3, 0.4) is 0 Å². The van der Waals surface area contributed by atoms with Crippen molar-refractivity contribution in [3.8, 4) is 11.3 Å². The molecule has 3 aromatic heterocycles. The van der Waals surface area contributed by atoms with Gasteiger partial charge in [0.25, 0.3) is 11.6 Å². The van der Waals surface area contributed by atoms with E-state index in [1.165, 1.54) is 18.3 Å². The van der Waals surface area contributed by atoms with Gasteiger partial charge in [0.1, 0.15) is 17.0 Å². The maximum Gasteiger partial charge on any atom is 0.269 e. The number of nitro benzene ring substituents is 1. The molecule has 0 aliphatic heterocycles. The SMILES string of the molecule is Cc1ccc2[nH]c3nc(N/N=C/c4ccc(-c5ccc([N+](=O)[O-])cc5)o4)nnc3c2c1. The van der Waals surface area contributed by atoms with Crippen LogP contribution in [0.1, 0.15) is 11.3 Å². The fraction of sp³-hybridized carbons (Fsp3) is 0.0476. The number of aromatic amines is 1. The van der Waals surface area contributed by atoms with Gasteiger partial charge in [0.2, 0.25) is 0 Å². The van der Waals surface area contributed by atoms with Gasteiger partial charge in [-0.05, 0) is 43.3 Å². The number of hydrogen-bond donors (Lipinski definition) is 2. The first-order valence-electron chi connectivity index (χ1n) is 9.33. The third-order valence-corrected chi connectivity index (χ3v) is 4.72. The Hall–Kier alpha value is -4.60. The Morgan fingerprint density at radius 1 is 1.13 bits per heavy atom. The molecule has 5 aromatic rings. The third kappa shape index (κ3) is 3.57. The highest BCUT2D eigenvalue weighted by Gasteiger charge is 2.10. The number of hydrazone groups is 1. The minimum atomic E-state index is -0.444. The summed E-state index contributed by atoms with van der Waals surface area (Å²) in [7, 11) is 0. The molecule has 0 saturated heterocycles. The molecule has 10 nitrogen and oxygen atoms in total. The van der Waals surface area contributed by atoms with Gasteiger partial charge >= 0.3 is 0 Å². The summed E-state index contributed by atoms with van der Waals surface area (Å²) in [4.78, 5) is 17.9. The van der Waals surface area contributed by atoms with Crippen molar-refractivity contribution in [3.63, 3.8) is 0 Å².